The molecule has 0 aromatic heterocycles. The summed E-state index contributed by atoms with van der Waals surface area (Å²) >= 11 is 0. The zero-order valence-electron chi connectivity index (χ0n) is 20.7. The average molecular weight is 478 g/mol. The lowest BCUT2D eigenvalue weighted by molar-refractivity contribution is -0.00837. The largest absolute Gasteiger partial charge is 0.501 e. The molecule has 0 saturated heterocycles. The maximum Gasteiger partial charge on any atom is 0.282 e. The van der Waals surface area contributed by atoms with Crippen molar-refractivity contribution in [3.05, 3.63) is 75.3 Å². The van der Waals surface area contributed by atoms with Crippen LogP contribution in [0.1, 0.15) is 64.4 Å². The Labute approximate surface area is 204 Å². The van der Waals surface area contributed by atoms with Crippen LogP contribution in [0, 0.1) is 42.1 Å². The molecule has 5 atom stereocenters. The number of allylic oxidation sites excluding steroid dienone is 5. The minimum absolute atomic E-state index is 0.0107. The van der Waals surface area contributed by atoms with Crippen molar-refractivity contribution in [3.8, 4) is 0 Å². The van der Waals surface area contributed by atoms with Crippen LogP contribution < -0.4 is 0 Å². The number of ether oxygens (including phenoxy) is 1. The van der Waals surface area contributed by atoms with Gasteiger partial charge in [-0.1, -0.05) is 37.6 Å². The maximum absolute atomic E-state index is 13.6. The van der Waals surface area contributed by atoms with E-state index in [0.717, 1.165) is 55.4 Å². The van der Waals surface area contributed by atoms with Gasteiger partial charge in [0.1, 0.15) is 0 Å². The number of nitrogens with zero attached hydrogens (tertiary/aromatic N) is 1. The molecule has 0 aliphatic heterocycles. The van der Waals surface area contributed by atoms with E-state index in [0.29, 0.717) is 24.2 Å². The fraction of sp³-hybridized carbons (Fsp3) is 0.552. The Bertz CT molecular complexity index is 1250. The third-order valence-corrected chi connectivity index (χ3v) is 11.5. The Hall–Kier alpha value is -2.32. The molecule has 0 bridgehead atoms. The summed E-state index contributed by atoms with van der Waals surface area (Å²) in [5.74, 6) is 2.65. The number of aryl methyl sites for hydroxylation is 1. The first kappa shape index (κ1) is 23.4. The van der Waals surface area contributed by atoms with Gasteiger partial charge in [0, 0.05) is 6.42 Å². The molecule has 0 spiro atoms. The molecule has 1 aromatic rings. The van der Waals surface area contributed by atoms with Crippen molar-refractivity contribution in [2.45, 2.75) is 70.6 Å². The van der Waals surface area contributed by atoms with E-state index in [-0.39, 0.29) is 20.8 Å². The number of benzene rings is 1. The smallest absolute Gasteiger partial charge is 0.282 e. The summed E-state index contributed by atoms with van der Waals surface area (Å²) < 4.78 is 32.7. The van der Waals surface area contributed by atoms with Crippen LogP contribution in [0.5, 0.6) is 0 Å². The first-order valence-electron chi connectivity index (χ1n) is 12.5. The van der Waals surface area contributed by atoms with Gasteiger partial charge < -0.3 is 4.74 Å². The van der Waals surface area contributed by atoms with E-state index < -0.39 is 9.84 Å². The molecule has 5 rings (SSSR count). The molecule has 1 aromatic carbocycles. The summed E-state index contributed by atoms with van der Waals surface area (Å²) in [4.78, 5) is 3.92. The molecular formula is C29H35NO3S. The lowest BCUT2D eigenvalue weighted by Crippen LogP contribution is -2.48. The zero-order chi connectivity index (χ0) is 24.3. The molecule has 0 amide bonds. The van der Waals surface area contributed by atoms with Crippen molar-refractivity contribution in [2.75, 3.05) is 7.11 Å². The Balaban J connectivity index is 1.53. The van der Waals surface area contributed by atoms with Gasteiger partial charge >= 0.3 is 0 Å². The Kier molecular flexibility index (Phi) is 5.60. The number of fused-ring (bicyclic) bond motifs is 5. The van der Waals surface area contributed by atoms with E-state index >= 15 is 0 Å². The molecule has 180 valence electrons. The molecule has 0 radical (unpaired) electrons. The van der Waals surface area contributed by atoms with Crippen molar-refractivity contribution in [2.24, 2.45) is 28.6 Å². The maximum atomic E-state index is 13.6. The van der Waals surface area contributed by atoms with Crippen molar-refractivity contribution in [1.29, 1.82) is 0 Å². The van der Waals surface area contributed by atoms with Gasteiger partial charge in [-0.05, 0) is 103 Å². The predicted octanol–water partition coefficient (Wildman–Crippen LogP) is 7.00. The van der Waals surface area contributed by atoms with Crippen LogP contribution >= 0.6 is 0 Å². The zero-order valence-corrected chi connectivity index (χ0v) is 21.5. The van der Waals surface area contributed by atoms with E-state index in [4.69, 9.17) is 11.3 Å². The van der Waals surface area contributed by atoms with E-state index in [1.54, 1.807) is 19.2 Å². The molecule has 0 heterocycles. The molecule has 4 nitrogen and oxygen atoms in total. The molecular weight excluding hydrogens is 442 g/mol. The summed E-state index contributed by atoms with van der Waals surface area (Å²) in [6, 6.07) is 6.90. The average Bonchev–Trinajstić information content (AvgIpc) is 3.16. The summed E-state index contributed by atoms with van der Waals surface area (Å²) in [6.45, 7) is 14.5. The van der Waals surface area contributed by atoms with Gasteiger partial charge in [-0.2, -0.15) is 0 Å². The number of hydrogen-bond acceptors (Lipinski definition) is 3. The fourth-order valence-corrected chi connectivity index (χ4v) is 9.24. The standard InChI is InChI=1S/C29H35NO3S/c1-19-6-9-22(10-7-19)34(31,32)27(30-4)26-13-12-24-23-11-8-20-18-21(33-5)14-16-28(20,2)25(23)15-17-29(24,26)3/h6-10,18,23-25H,11-17H2,1-3,5H3/b27-26-/t23-,24-,25-,28-,29-/m0/s1. The third-order valence-electron chi connectivity index (χ3n) is 9.72. The molecule has 4 aliphatic rings. The Morgan fingerprint density at radius 3 is 2.44 bits per heavy atom. The number of rotatable bonds is 3. The lowest BCUT2D eigenvalue weighted by atomic mass is 9.48. The monoisotopic (exact) mass is 477 g/mol. The second-order valence-corrected chi connectivity index (χ2v) is 13.1. The quantitative estimate of drug-likeness (QED) is 0.440. The van der Waals surface area contributed by atoms with Gasteiger partial charge in [0.2, 0.25) is 9.84 Å². The molecule has 2 saturated carbocycles. The van der Waals surface area contributed by atoms with Gasteiger partial charge in [-0.15, -0.1) is 0 Å². The molecule has 4 aliphatic carbocycles. The highest BCUT2D eigenvalue weighted by molar-refractivity contribution is 7.95. The summed E-state index contributed by atoms with van der Waals surface area (Å²) in [7, 11) is -2.05. The summed E-state index contributed by atoms with van der Waals surface area (Å²) in [5, 5.41) is -0.0107. The van der Waals surface area contributed by atoms with Crippen LogP contribution in [0.3, 0.4) is 0 Å². The highest BCUT2D eigenvalue weighted by atomic mass is 32.2. The van der Waals surface area contributed by atoms with Crippen molar-refractivity contribution in [1.82, 2.24) is 0 Å². The second kappa shape index (κ2) is 8.12. The molecule has 34 heavy (non-hydrogen) atoms. The van der Waals surface area contributed by atoms with Crippen LogP contribution in [0.15, 0.2) is 63.2 Å². The molecule has 2 fully saturated rings. The number of hydrogen-bond donors (Lipinski definition) is 0. The molecule has 5 heteroatoms. The van der Waals surface area contributed by atoms with E-state index in [9.17, 15) is 8.42 Å². The Morgan fingerprint density at radius 1 is 1.06 bits per heavy atom. The third kappa shape index (κ3) is 3.33. The number of methoxy groups -OCH3 is 1. The van der Waals surface area contributed by atoms with Crippen LogP contribution in [0.25, 0.3) is 4.85 Å². The van der Waals surface area contributed by atoms with Crippen LogP contribution in [0.2, 0.25) is 0 Å². The van der Waals surface area contributed by atoms with Gasteiger partial charge in [0.05, 0.1) is 24.3 Å². The first-order valence-corrected chi connectivity index (χ1v) is 14.0. The SMILES string of the molecule is [C-]#[N+]/C(=C1\CC[C@H]2[C@@H]3CC=C4C=C(OC)CC[C@]4(C)[C@H]3CC[C@]12C)S(=O)(=O)c1ccc(C)cc1. The first-order chi connectivity index (χ1) is 16.1. The van der Waals surface area contributed by atoms with Gasteiger partial charge in [-0.25, -0.2) is 13.3 Å². The van der Waals surface area contributed by atoms with Crippen molar-refractivity contribution >= 4 is 9.84 Å². The minimum Gasteiger partial charge on any atom is -0.501 e. The Morgan fingerprint density at radius 2 is 1.76 bits per heavy atom. The van der Waals surface area contributed by atoms with Crippen molar-refractivity contribution < 1.29 is 13.2 Å². The summed E-state index contributed by atoms with van der Waals surface area (Å²) in [5.41, 5.74) is 3.27. The van der Waals surface area contributed by atoms with E-state index in [1.165, 1.54) is 5.57 Å². The molecule has 0 N–H and O–H groups in total. The number of sulfone groups is 1. The highest BCUT2D eigenvalue weighted by Gasteiger charge is 2.57. The predicted molar refractivity (Wildman–Crippen MR) is 134 cm³/mol. The lowest BCUT2D eigenvalue weighted by Gasteiger charge is -2.56. The summed E-state index contributed by atoms with van der Waals surface area (Å²) in [6.07, 6.45) is 11.6. The minimum atomic E-state index is -3.82. The topological polar surface area (TPSA) is 47.7 Å². The normalized spacial score (nSPS) is 36.3. The van der Waals surface area contributed by atoms with Crippen molar-refractivity contribution in [3.63, 3.8) is 0 Å². The van der Waals surface area contributed by atoms with Gasteiger partial charge in [0.15, 0.2) is 0 Å². The second-order valence-electron chi connectivity index (χ2n) is 11.2. The molecule has 0 unspecified atom stereocenters. The van der Waals surface area contributed by atoms with Crippen LogP contribution in [0.4, 0.5) is 0 Å². The van der Waals surface area contributed by atoms with Gasteiger partial charge in [-0.3, -0.25) is 0 Å². The van der Waals surface area contributed by atoms with E-state index in [1.807, 2.05) is 19.1 Å². The highest BCUT2D eigenvalue weighted by Crippen LogP contribution is 2.66. The van der Waals surface area contributed by atoms with E-state index in [2.05, 4.69) is 30.8 Å². The van der Waals surface area contributed by atoms with Crippen LogP contribution in [-0.4, -0.2) is 15.5 Å². The fourth-order valence-electron chi connectivity index (χ4n) is 7.74. The van der Waals surface area contributed by atoms with Crippen LogP contribution in [-0.2, 0) is 14.6 Å². The van der Waals surface area contributed by atoms with Gasteiger partial charge in [0.25, 0.3) is 5.03 Å².